The van der Waals surface area contributed by atoms with E-state index in [1.54, 1.807) is 11.7 Å². The fraction of sp³-hybridized carbons (Fsp3) is 0.143. The van der Waals surface area contributed by atoms with Gasteiger partial charge in [0.1, 0.15) is 0 Å². The van der Waals surface area contributed by atoms with Crippen molar-refractivity contribution in [1.29, 1.82) is 0 Å². The second kappa shape index (κ2) is 6.25. The van der Waals surface area contributed by atoms with Crippen LogP contribution >= 0.6 is 31.9 Å². The minimum absolute atomic E-state index is 0.191. The van der Waals surface area contributed by atoms with E-state index in [-0.39, 0.29) is 17.5 Å². The van der Waals surface area contributed by atoms with Gasteiger partial charge in [-0.25, -0.2) is 0 Å². The van der Waals surface area contributed by atoms with Crippen molar-refractivity contribution in [3.8, 4) is 11.4 Å². The van der Waals surface area contributed by atoms with Gasteiger partial charge in [-0.15, -0.1) is 5.10 Å². The third kappa shape index (κ3) is 3.06. The Balaban J connectivity index is 1.83. The summed E-state index contributed by atoms with van der Waals surface area (Å²) in [7, 11) is 1.77. The topological polar surface area (TPSA) is 88.5 Å². The lowest BCUT2D eigenvalue weighted by atomic mass is 10.2. The average Bonchev–Trinajstić information content (AvgIpc) is 3.08. The lowest BCUT2D eigenvalue weighted by molar-refractivity contribution is 0.102. The van der Waals surface area contributed by atoms with Crippen LogP contribution in [0.1, 0.15) is 16.2 Å². The fourth-order valence-corrected chi connectivity index (χ4v) is 2.97. The summed E-state index contributed by atoms with van der Waals surface area (Å²) in [6, 6.07) is 7.61. The molecule has 2 N–H and O–H groups in total. The molecule has 0 aliphatic carbocycles. The number of carbonyl (C=O) groups excluding carboxylic acids is 1. The van der Waals surface area contributed by atoms with Crippen LogP contribution in [0.3, 0.4) is 0 Å². The maximum atomic E-state index is 12.3. The van der Waals surface area contributed by atoms with Crippen LogP contribution in [0.25, 0.3) is 11.4 Å². The van der Waals surface area contributed by atoms with Crippen LogP contribution in [0.15, 0.2) is 33.2 Å². The number of hydrogen-bond acceptors (Lipinski definition) is 4. The van der Waals surface area contributed by atoms with E-state index in [1.165, 1.54) is 0 Å². The molecule has 0 spiro atoms. The van der Waals surface area contributed by atoms with Crippen LogP contribution in [0.2, 0.25) is 0 Å². The smallest absolute Gasteiger partial charge is 0.279 e. The molecular formula is C14H12Br2N6O. The lowest BCUT2D eigenvalue weighted by Gasteiger charge is -1.99. The van der Waals surface area contributed by atoms with Crippen molar-refractivity contribution >= 4 is 43.7 Å². The van der Waals surface area contributed by atoms with E-state index >= 15 is 0 Å². The second-order valence-electron chi connectivity index (χ2n) is 4.81. The Kier molecular flexibility index (Phi) is 4.31. The number of carbonyl (C=O) groups is 1. The molecule has 0 fully saturated rings. The number of anilines is 1. The quantitative estimate of drug-likeness (QED) is 0.655. The van der Waals surface area contributed by atoms with Gasteiger partial charge in [0.15, 0.2) is 11.5 Å². The largest absolute Gasteiger partial charge is 0.288 e. The van der Waals surface area contributed by atoms with E-state index in [4.69, 9.17) is 0 Å². The Morgan fingerprint density at radius 2 is 2.04 bits per heavy atom. The van der Waals surface area contributed by atoms with Crippen LogP contribution in [0, 0.1) is 6.92 Å². The van der Waals surface area contributed by atoms with Gasteiger partial charge in [-0.2, -0.15) is 10.1 Å². The molecular weight excluding hydrogens is 428 g/mol. The Bertz CT molecular complexity index is 885. The number of nitrogens with one attached hydrogen (secondary N) is 2. The van der Waals surface area contributed by atoms with E-state index in [2.05, 4.69) is 57.5 Å². The standard InChI is InChI=1S/C14H12Br2N6O/c1-7-10(16)11(21-22(7)2)13(23)18-14-17-12(19-20-14)8-5-3-4-6-9(8)15/h3-6H,1-2H3,(H2,17,18,19,20,23). The molecule has 0 saturated heterocycles. The maximum Gasteiger partial charge on any atom is 0.279 e. The van der Waals surface area contributed by atoms with Crippen molar-refractivity contribution in [2.75, 3.05) is 5.32 Å². The molecule has 0 radical (unpaired) electrons. The fourth-order valence-electron chi connectivity index (χ4n) is 1.98. The molecule has 2 aromatic heterocycles. The van der Waals surface area contributed by atoms with Crippen molar-refractivity contribution in [2.45, 2.75) is 6.92 Å². The summed E-state index contributed by atoms with van der Waals surface area (Å²) < 4.78 is 3.17. The lowest BCUT2D eigenvalue weighted by Crippen LogP contribution is -2.14. The molecule has 0 aliphatic heterocycles. The molecule has 3 rings (SSSR count). The molecule has 2 heterocycles. The first kappa shape index (κ1) is 15.9. The number of hydrogen-bond donors (Lipinski definition) is 2. The molecule has 0 unspecified atom stereocenters. The molecule has 0 aliphatic rings. The van der Waals surface area contributed by atoms with Gasteiger partial charge >= 0.3 is 0 Å². The van der Waals surface area contributed by atoms with Crippen LogP contribution in [0.5, 0.6) is 0 Å². The number of benzene rings is 1. The van der Waals surface area contributed by atoms with Gasteiger partial charge < -0.3 is 0 Å². The molecule has 0 bridgehead atoms. The SMILES string of the molecule is Cc1c(Br)c(C(=O)Nc2n[nH]c(-c3ccccc3Br)n2)nn1C. The minimum Gasteiger partial charge on any atom is -0.288 e. The molecule has 118 valence electrons. The number of aromatic amines is 1. The molecule has 9 heteroatoms. The van der Waals surface area contributed by atoms with Gasteiger partial charge in [0.05, 0.1) is 10.2 Å². The number of halogens is 2. The Hall–Kier alpha value is -2.00. The van der Waals surface area contributed by atoms with E-state index in [0.29, 0.717) is 10.3 Å². The summed E-state index contributed by atoms with van der Waals surface area (Å²) in [6.45, 7) is 1.87. The summed E-state index contributed by atoms with van der Waals surface area (Å²) in [5.41, 5.74) is 2.01. The second-order valence-corrected chi connectivity index (χ2v) is 6.46. The number of rotatable bonds is 3. The van der Waals surface area contributed by atoms with E-state index < -0.39 is 0 Å². The predicted octanol–water partition coefficient (Wildman–Crippen LogP) is 3.29. The Labute approximate surface area is 148 Å². The Morgan fingerprint density at radius 1 is 1.30 bits per heavy atom. The van der Waals surface area contributed by atoms with Crippen molar-refractivity contribution < 1.29 is 4.79 Å². The van der Waals surface area contributed by atoms with Crippen LogP contribution < -0.4 is 5.32 Å². The molecule has 1 amide bonds. The van der Waals surface area contributed by atoms with Gasteiger partial charge in [-0.05, 0) is 28.9 Å². The van der Waals surface area contributed by atoms with E-state index in [0.717, 1.165) is 15.7 Å². The zero-order chi connectivity index (χ0) is 16.6. The summed E-state index contributed by atoms with van der Waals surface area (Å²) in [5.74, 6) is 0.373. The number of H-pyrrole nitrogens is 1. The Morgan fingerprint density at radius 3 is 2.70 bits per heavy atom. The van der Waals surface area contributed by atoms with Crippen molar-refractivity contribution in [3.05, 3.63) is 44.6 Å². The highest BCUT2D eigenvalue weighted by Gasteiger charge is 2.19. The minimum atomic E-state index is -0.377. The van der Waals surface area contributed by atoms with Crippen molar-refractivity contribution in [2.24, 2.45) is 7.05 Å². The first-order chi connectivity index (χ1) is 11.0. The van der Waals surface area contributed by atoms with Gasteiger partial charge in [-0.3, -0.25) is 19.9 Å². The van der Waals surface area contributed by atoms with E-state index in [1.807, 2.05) is 31.2 Å². The van der Waals surface area contributed by atoms with Gasteiger partial charge in [0.2, 0.25) is 5.95 Å². The number of nitrogens with zero attached hydrogens (tertiary/aromatic N) is 4. The molecule has 0 saturated carbocycles. The maximum absolute atomic E-state index is 12.3. The predicted molar refractivity (Wildman–Crippen MR) is 93.1 cm³/mol. The zero-order valence-corrected chi connectivity index (χ0v) is 15.4. The number of amides is 1. The van der Waals surface area contributed by atoms with E-state index in [9.17, 15) is 4.79 Å². The van der Waals surface area contributed by atoms with Gasteiger partial charge in [-0.1, -0.05) is 34.1 Å². The molecule has 3 aromatic rings. The molecule has 23 heavy (non-hydrogen) atoms. The molecule has 7 nitrogen and oxygen atoms in total. The summed E-state index contributed by atoms with van der Waals surface area (Å²) in [5, 5.41) is 13.6. The number of aromatic nitrogens is 5. The van der Waals surface area contributed by atoms with Gasteiger partial charge in [0.25, 0.3) is 5.91 Å². The average molecular weight is 440 g/mol. The highest BCUT2D eigenvalue weighted by molar-refractivity contribution is 9.11. The summed E-state index contributed by atoms with van der Waals surface area (Å²) in [4.78, 5) is 16.6. The monoisotopic (exact) mass is 438 g/mol. The highest BCUT2D eigenvalue weighted by Crippen LogP contribution is 2.26. The molecule has 0 atom stereocenters. The number of aryl methyl sites for hydroxylation is 1. The third-order valence-corrected chi connectivity index (χ3v) is 4.96. The normalized spacial score (nSPS) is 10.8. The summed E-state index contributed by atoms with van der Waals surface area (Å²) >= 11 is 6.82. The summed E-state index contributed by atoms with van der Waals surface area (Å²) in [6.07, 6.45) is 0. The van der Waals surface area contributed by atoms with Crippen LogP contribution in [0.4, 0.5) is 5.95 Å². The van der Waals surface area contributed by atoms with Crippen molar-refractivity contribution in [3.63, 3.8) is 0 Å². The highest BCUT2D eigenvalue weighted by atomic mass is 79.9. The van der Waals surface area contributed by atoms with Gasteiger partial charge in [0, 0.05) is 17.1 Å². The molecule has 1 aromatic carbocycles. The third-order valence-electron chi connectivity index (χ3n) is 3.32. The van der Waals surface area contributed by atoms with Crippen LogP contribution in [-0.2, 0) is 7.05 Å². The first-order valence-corrected chi connectivity index (χ1v) is 8.23. The van der Waals surface area contributed by atoms with Crippen LogP contribution in [-0.4, -0.2) is 30.9 Å². The zero-order valence-electron chi connectivity index (χ0n) is 12.3. The van der Waals surface area contributed by atoms with Crippen molar-refractivity contribution in [1.82, 2.24) is 25.0 Å². The first-order valence-electron chi connectivity index (χ1n) is 6.65.